The minimum absolute atomic E-state index is 0.223. The summed E-state index contributed by atoms with van der Waals surface area (Å²) in [6.07, 6.45) is -46.0. The Kier molecular flexibility index (Phi) is 1.80. The molecule has 0 radical (unpaired) electrons. The molecule has 3 N–H and O–H groups in total. The lowest BCUT2D eigenvalue weighted by Crippen LogP contribution is -2.47. The second kappa shape index (κ2) is 10.8. The topological polar surface area (TPSA) is 112 Å². The molecule has 0 aliphatic carbocycles. The predicted molar refractivity (Wildman–Crippen MR) is 138 cm³/mol. The number of carbonyl (C=O) groups is 2. The molecule has 3 rings (SSSR count). The van der Waals surface area contributed by atoms with Crippen LogP contribution in [-0.4, -0.2) is 59.6 Å². The number of hydrogen-bond acceptors (Lipinski definition) is 7. The van der Waals surface area contributed by atoms with Gasteiger partial charge in [0.2, 0.25) is 8.77 Å². The monoisotopic (exact) mass is 549 g/mol. The second-order valence-corrected chi connectivity index (χ2v) is 7.25. The van der Waals surface area contributed by atoms with E-state index in [1.165, 1.54) is 0 Å². The first-order valence-electron chi connectivity index (χ1n) is 29.5. The number of nitrogens with zero attached hydrogens (tertiary/aromatic N) is 1. The van der Waals surface area contributed by atoms with Crippen LogP contribution in [0.25, 0.3) is 6.05 Å². The summed E-state index contributed by atoms with van der Waals surface area (Å²) in [7, 11) is 0. The van der Waals surface area contributed by atoms with E-state index < -0.39 is 172 Å². The first-order chi connectivity index (χ1) is 33.2. The Balaban J connectivity index is 3.21. The van der Waals surface area contributed by atoms with E-state index in [1.807, 2.05) is 0 Å². The van der Waals surface area contributed by atoms with Gasteiger partial charge in [-0.1, -0.05) is 33.8 Å². The lowest BCUT2D eigenvalue weighted by atomic mass is 9.72. The molecular weight excluding hydrogens is 464 g/mol. The second-order valence-electron chi connectivity index (χ2n) is 6.46. The molecule has 0 aromatic carbocycles. The number of epoxide rings is 1. The number of aryl methyl sites for hydroxylation is 1. The van der Waals surface area contributed by atoms with Gasteiger partial charge in [0.1, 0.15) is 5.78 Å². The van der Waals surface area contributed by atoms with Gasteiger partial charge in [0.25, 0.3) is 0 Å². The highest BCUT2D eigenvalue weighted by Crippen LogP contribution is 2.44. The third-order valence-electron chi connectivity index (χ3n) is 3.93. The molecule has 7 nitrogen and oxygen atoms in total. The van der Waals surface area contributed by atoms with E-state index in [0.29, 0.717) is 0 Å². The average molecular weight is 549 g/mol. The fourth-order valence-electron chi connectivity index (χ4n) is 2.13. The third-order valence-corrected chi connectivity index (χ3v) is 4.51. The van der Waals surface area contributed by atoms with E-state index in [1.54, 1.807) is 0 Å². The number of rotatable bonds is 4. The summed E-state index contributed by atoms with van der Waals surface area (Å²) in [5.74, 6) is -19.9. The standard InChI is InChI=1S/C27H42N2O5S/c1-15-9-8-10-27(7)22(34-27)12-20(16(2)11-19-14-35-18(4)28-19)29-23(31)13-21(30)26(5,6)25(33)17(3)24(15)32/h11,14-15,17,20-22,24,30,32H,8-10,12-13H2,1-7H3,(H,29,31)/b16-11+/t15-,17-,20-,21+,22+,24+,27-/m1/s1/i1D3,2D3,3D3,4D3,5D3,6D3,7D3,8D2,9D2,10D2,11D,12D2,13D2,14D,15D,17D,20D,21D,22D,24D,30D,32D/hD. The van der Waals surface area contributed by atoms with E-state index in [2.05, 4.69) is 15.2 Å². The minimum atomic E-state index is -6.17. The molecule has 1 amide bonds. The number of Topliss-reactive ketones (excluding diaryl/α,β-unsaturated/α-hetero) is 1. The van der Waals surface area contributed by atoms with Gasteiger partial charge in [0, 0.05) is 62.9 Å². The molecule has 0 saturated carbocycles. The highest BCUT2D eigenvalue weighted by atomic mass is 32.1. The molecule has 35 heavy (non-hydrogen) atoms. The van der Waals surface area contributed by atoms with Gasteiger partial charge < -0.3 is 20.3 Å². The van der Waals surface area contributed by atoms with Gasteiger partial charge in [-0.05, 0) is 50.8 Å². The molecule has 8 heteroatoms. The maximum atomic E-state index is 15.5. The fourth-order valence-corrected chi connectivity index (χ4v) is 2.56. The summed E-state index contributed by atoms with van der Waals surface area (Å²) >= 11 is -0.223. The van der Waals surface area contributed by atoms with Crippen LogP contribution in [0.2, 0.25) is 1.41 Å². The van der Waals surface area contributed by atoms with Crippen LogP contribution >= 0.6 is 11.3 Å². The first kappa shape index (κ1) is 5.85. The highest BCUT2D eigenvalue weighted by Gasteiger charge is 2.52. The summed E-state index contributed by atoms with van der Waals surface area (Å²) in [6, 6.07) is -7.89. The Bertz CT molecular complexity index is 2520. The number of aromatic nitrogens is 1. The Hall–Kier alpha value is -1.61. The Labute approximate surface area is 272 Å². The zero-order valence-corrected chi connectivity index (χ0v) is 17.7. The fraction of sp³-hybridized carbons (Fsp3) is 0.741. The Morgan fingerprint density at radius 3 is 3.06 bits per heavy atom. The van der Waals surface area contributed by atoms with Gasteiger partial charge in [-0.25, -0.2) is 4.98 Å². The van der Waals surface area contributed by atoms with E-state index >= 15 is 9.59 Å². The summed E-state index contributed by atoms with van der Waals surface area (Å²) < 4.78 is 366. The van der Waals surface area contributed by atoms with E-state index in [4.69, 9.17) is 54.2 Å². The maximum Gasteiger partial charge on any atom is 0.223 e. The molecule has 1 aromatic rings. The van der Waals surface area contributed by atoms with Crippen LogP contribution in [0, 0.1) is 24.1 Å². The van der Waals surface area contributed by atoms with Crippen molar-refractivity contribution < 1.29 is 79.4 Å². The van der Waals surface area contributed by atoms with E-state index in [-0.39, 0.29) is 11.3 Å². The first-order valence-corrected chi connectivity index (χ1v) is 9.59. The van der Waals surface area contributed by atoms with Crippen molar-refractivity contribution in [1.29, 1.82) is 2.86 Å². The summed E-state index contributed by atoms with van der Waals surface area (Å²) in [5.41, 5.74) is -15.8. The number of ether oxygens (including phenoxy) is 1. The smallest absolute Gasteiger partial charge is 0.223 e. The van der Waals surface area contributed by atoms with Crippen LogP contribution < -0.4 is 5.31 Å². The summed E-state index contributed by atoms with van der Waals surface area (Å²) in [5, 5.41) is 3.31. The maximum absolute atomic E-state index is 15.5. The number of ketones is 1. The van der Waals surface area contributed by atoms with Gasteiger partial charge in [0.05, 0.1) is 60.6 Å². The van der Waals surface area contributed by atoms with Crippen molar-refractivity contribution in [2.45, 2.75) is 110 Å². The molecule has 2 aliphatic rings. The number of amides is 1. The average Bonchev–Trinajstić information content (AvgIpc) is 3.73. The molecule has 7 atom stereocenters. The van der Waals surface area contributed by atoms with Crippen LogP contribution in [0.3, 0.4) is 0 Å². The Morgan fingerprint density at radius 2 is 2.40 bits per heavy atom. The molecule has 1 aromatic heterocycles. The normalized spacial score (nSPS) is 77.9. The summed E-state index contributed by atoms with van der Waals surface area (Å²) in [4.78, 5) is 34.0. The van der Waals surface area contributed by atoms with Gasteiger partial charge in [-0.3, -0.25) is 9.59 Å². The predicted octanol–water partition coefficient (Wildman–Crippen LogP) is 4.05. The van der Waals surface area contributed by atoms with Crippen molar-refractivity contribution in [1.82, 2.24) is 10.3 Å². The van der Waals surface area contributed by atoms with Crippen LogP contribution in [0.1, 0.15) is 137 Å². The van der Waals surface area contributed by atoms with Crippen molar-refractivity contribution in [3.05, 3.63) is 21.6 Å². The number of fused-ring (bicyclic) bond motifs is 1. The van der Waals surface area contributed by atoms with Crippen molar-refractivity contribution in [2.75, 3.05) is 0 Å². The quantitative estimate of drug-likeness (QED) is 0.490. The molecule has 0 bridgehead atoms. The molecule has 196 valence electrons. The van der Waals surface area contributed by atoms with E-state index in [9.17, 15) is 8.22 Å². The summed E-state index contributed by atoms with van der Waals surface area (Å²) in [6.45, 7) is -35.2. The number of aliphatic hydroxyl groups is 2. The number of thiazole rings is 1. The Morgan fingerprint density at radius 1 is 1.49 bits per heavy atom. The molecule has 2 fully saturated rings. The number of carbonyl (C=O) groups excluding carboxylic acids is 2. The van der Waals surface area contributed by atoms with Crippen molar-refractivity contribution in [3.63, 3.8) is 0 Å². The van der Waals surface area contributed by atoms with Crippen LogP contribution in [0.5, 0.6) is 0 Å². The molecule has 2 saturated heterocycles. The molecular formula is C27H42N2O5S. The van der Waals surface area contributed by atoms with E-state index in [0.717, 1.165) is 0 Å². The number of nitrogens with one attached hydrogen (secondary N) is 1. The highest BCUT2D eigenvalue weighted by molar-refractivity contribution is 7.09. The number of hydrogen-bond donors (Lipinski definition) is 3. The lowest BCUT2D eigenvalue weighted by molar-refractivity contribution is -0.143. The third kappa shape index (κ3) is 6.59. The van der Waals surface area contributed by atoms with Crippen LogP contribution in [-0.2, 0) is 14.3 Å². The zero-order chi connectivity index (χ0) is 62.2. The molecule has 0 unspecified atom stereocenters. The largest absolute Gasteiger partial charge is 0.392 e. The van der Waals surface area contributed by atoms with Crippen LogP contribution in [0.4, 0.5) is 0 Å². The molecule has 3 heterocycles. The van der Waals surface area contributed by atoms with Gasteiger partial charge in [-0.15, -0.1) is 11.3 Å². The molecule has 0 spiro atoms. The minimum Gasteiger partial charge on any atom is -0.392 e. The zero-order valence-electron chi connectivity index (χ0n) is 58.8. The van der Waals surface area contributed by atoms with Crippen molar-refractivity contribution >= 4 is 29.1 Å². The van der Waals surface area contributed by atoms with Gasteiger partial charge in [0.15, 0.2) is 1.41 Å². The van der Waals surface area contributed by atoms with Crippen molar-refractivity contribution in [2.24, 2.45) is 17.2 Å². The lowest BCUT2D eigenvalue weighted by Gasteiger charge is -2.34. The molecule has 2 aliphatic heterocycles. The van der Waals surface area contributed by atoms with Gasteiger partial charge >= 0.3 is 0 Å². The SMILES string of the molecule is [2H]O[C@@]1([2H])C([2H])([2H])C(=O)N([2H])[C@@]([2H])(/C(=C(\[2H])c2nc(C([2H])([2H])[2H])sc2[2H])C([2H])([2H])[2H])C([2H])([2H])[C@]2([2H])O[C@]2(C([2H])([2H])[2H])C([2H])([2H])C([2H])([2H])C([2H])([2H])[C@@]([2H])(C([2H])([2H])[2H])[C@]([2H])(O[2H])[C@@]([2H])(C([2H])([2H])[2H])C(=O)C1(C([2H])([2H])[2H])C([2H])([2H])[2H]. The van der Waals surface area contributed by atoms with Gasteiger partial charge in [-0.2, -0.15) is 0 Å². The van der Waals surface area contributed by atoms with Crippen LogP contribution in [0.15, 0.2) is 10.9 Å². The van der Waals surface area contributed by atoms with Crippen molar-refractivity contribution in [3.8, 4) is 0 Å².